The van der Waals surface area contributed by atoms with Crippen LogP contribution < -0.4 is 0 Å². The van der Waals surface area contributed by atoms with E-state index in [1.54, 1.807) is 0 Å². The minimum absolute atomic E-state index is 0.955. The third-order valence-corrected chi connectivity index (χ3v) is 2.05. The van der Waals surface area contributed by atoms with Crippen LogP contribution in [0.25, 0.3) is 0 Å². The predicted molar refractivity (Wildman–Crippen MR) is 56.5 cm³/mol. The number of hydrogen-bond donors (Lipinski definition) is 0. The Morgan fingerprint density at radius 3 is 2.17 bits per heavy atom. The van der Waals surface area contributed by atoms with Crippen molar-refractivity contribution in [2.45, 2.75) is 47.0 Å². The highest BCUT2D eigenvalue weighted by Crippen LogP contribution is 2.14. The van der Waals surface area contributed by atoms with E-state index in [0.29, 0.717) is 0 Å². The Labute approximate surface area is 78.1 Å². The molecule has 1 heterocycles. The van der Waals surface area contributed by atoms with Crippen molar-refractivity contribution in [1.82, 2.24) is 4.90 Å². The van der Waals surface area contributed by atoms with Crippen molar-refractivity contribution in [2.75, 3.05) is 19.6 Å². The van der Waals surface area contributed by atoms with Crippen LogP contribution in [0.1, 0.15) is 47.0 Å². The molecule has 0 N–H and O–H groups in total. The van der Waals surface area contributed by atoms with Crippen molar-refractivity contribution in [3.63, 3.8) is 0 Å². The predicted octanol–water partition coefficient (Wildman–Crippen LogP) is 3.15. The van der Waals surface area contributed by atoms with Gasteiger partial charge >= 0.3 is 0 Å². The minimum Gasteiger partial charge on any atom is -0.303 e. The lowest BCUT2D eigenvalue weighted by molar-refractivity contribution is 0.328. The molecule has 1 heteroatoms. The average molecular weight is 171 g/mol. The molecule has 0 saturated carbocycles. The summed E-state index contributed by atoms with van der Waals surface area (Å²) in [5.41, 5.74) is 0. The average Bonchev–Trinajstić information content (AvgIpc) is 2.38. The summed E-state index contributed by atoms with van der Waals surface area (Å²) >= 11 is 0. The van der Waals surface area contributed by atoms with Crippen LogP contribution in [0.4, 0.5) is 0 Å². The maximum atomic E-state index is 2.56. The third-order valence-electron chi connectivity index (χ3n) is 2.05. The first-order valence-electron chi connectivity index (χ1n) is 5.46. The van der Waals surface area contributed by atoms with Gasteiger partial charge in [-0.2, -0.15) is 0 Å². The van der Waals surface area contributed by atoms with Gasteiger partial charge in [-0.1, -0.05) is 34.1 Å². The van der Waals surface area contributed by atoms with Gasteiger partial charge in [0.05, 0.1) is 0 Å². The Balaban J connectivity index is 0.000000354. The van der Waals surface area contributed by atoms with Crippen LogP contribution in [0.5, 0.6) is 0 Å². The molecule has 0 aliphatic carbocycles. The first-order valence-corrected chi connectivity index (χ1v) is 5.46. The number of likely N-dealkylation sites (tertiary alicyclic amines) is 1. The zero-order chi connectivity index (χ0) is 9.40. The second-order valence-electron chi connectivity index (χ2n) is 3.90. The highest BCUT2D eigenvalue weighted by Gasteiger charge is 2.16. The van der Waals surface area contributed by atoms with Crippen molar-refractivity contribution in [3.05, 3.63) is 0 Å². The van der Waals surface area contributed by atoms with E-state index in [9.17, 15) is 0 Å². The molecule has 0 radical (unpaired) electrons. The first kappa shape index (κ1) is 12.0. The molecule has 1 atom stereocenters. The lowest BCUT2D eigenvalue weighted by atomic mass is 10.2. The zero-order valence-electron chi connectivity index (χ0n) is 9.27. The fourth-order valence-corrected chi connectivity index (χ4v) is 1.55. The van der Waals surface area contributed by atoms with E-state index in [4.69, 9.17) is 0 Å². The molecule has 1 fully saturated rings. The fourth-order valence-electron chi connectivity index (χ4n) is 1.55. The van der Waals surface area contributed by atoms with Crippen LogP contribution in [0.3, 0.4) is 0 Å². The molecule has 1 saturated heterocycles. The summed E-state index contributed by atoms with van der Waals surface area (Å²) in [6, 6.07) is 0. The van der Waals surface area contributed by atoms with Gasteiger partial charge in [0.15, 0.2) is 0 Å². The van der Waals surface area contributed by atoms with Crippen LogP contribution in [0.15, 0.2) is 0 Å². The minimum atomic E-state index is 0.955. The Morgan fingerprint density at radius 1 is 1.25 bits per heavy atom. The second kappa shape index (κ2) is 7.60. The smallest absolute Gasteiger partial charge is 0.000749 e. The molecule has 1 rings (SSSR count). The van der Waals surface area contributed by atoms with Crippen LogP contribution in [-0.2, 0) is 0 Å². The molecule has 0 bridgehead atoms. The van der Waals surface area contributed by atoms with Gasteiger partial charge in [0.25, 0.3) is 0 Å². The van der Waals surface area contributed by atoms with E-state index >= 15 is 0 Å². The quantitative estimate of drug-likeness (QED) is 0.617. The Morgan fingerprint density at radius 2 is 1.83 bits per heavy atom. The Bertz CT molecular complexity index is 89.0. The molecule has 0 amide bonds. The molecule has 1 nitrogen and oxygen atoms in total. The Hall–Kier alpha value is -0.0400. The molecular weight excluding hydrogens is 146 g/mol. The molecule has 1 unspecified atom stereocenters. The number of rotatable bonds is 2. The Kier molecular flexibility index (Phi) is 7.58. The molecule has 0 aromatic heterocycles. The summed E-state index contributed by atoms with van der Waals surface area (Å²) in [6.07, 6.45) is 3.98. The van der Waals surface area contributed by atoms with Crippen LogP contribution in [0.2, 0.25) is 0 Å². The van der Waals surface area contributed by atoms with Crippen molar-refractivity contribution in [3.8, 4) is 0 Å². The molecule has 1 aliphatic heterocycles. The highest BCUT2D eigenvalue weighted by atomic mass is 15.1. The summed E-state index contributed by atoms with van der Waals surface area (Å²) in [4.78, 5) is 2.56. The van der Waals surface area contributed by atoms with E-state index in [-0.39, 0.29) is 0 Å². The normalized spacial score (nSPS) is 23.5. The standard InChI is InChI=1S/C8H17N.C3H8/c1-3-5-9-6-4-8(2)7-9;1-3-2/h8H,3-7H2,1-2H3;3H2,1-2H3. The van der Waals surface area contributed by atoms with Gasteiger partial charge in [-0.25, -0.2) is 0 Å². The molecule has 0 spiro atoms. The van der Waals surface area contributed by atoms with Gasteiger partial charge in [-0.3, -0.25) is 0 Å². The summed E-state index contributed by atoms with van der Waals surface area (Å²) < 4.78 is 0. The second-order valence-corrected chi connectivity index (χ2v) is 3.90. The van der Waals surface area contributed by atoms with Crippen LogP contribution in [-0.4, -0.2) is 24.5 Å². The van der Waals surface area contributed by atoms with Gasteiger partial charge in [0, 0.05) is 6.54 Å². The fraction of sp³-hybridized carbons (Fsp3) is 1.00. The molecule has 74 valence electrons. The molecule has 0 aromatic carbocycles. The van der Waals surface area contributed by atoms with Gasteiger partial charge in [0.2, 0.25) is 0 Å². The summed E-state index contributed by atoms with van der Waals surface area (Å²) in [5, 5.41) is 0. The maximum Gasteiger partial charge on any atom is 0.000749 e. The first-order chi connectivity index (χ1) is 5.74. The maximum absolute atomic E-state index is 2.56. The van der Waals surface area contributed by atoms with Crippen molar-refractivity contribution < 1.29 is 0 Å². The highest BCUT2D eigenvalue weighted by molar-refractivity contribution is 4.71. The molecular formula is C11H25N. The van der Waals surface area contributed by atoms with E-state index in [1.165, 1.54) is 38.9 Å². The molecule has 1 aliphatic rings. The van der Waals surface area contributed by atoms with E-state index < -0.39 is 0 Å². The van der Waals surface area contributed by atoms with Gasteiger partial charge in [-0.05, 0) is 31.8 Å². The summed E-state index contributed by atoms with van der Waals surface area (Å²) in [6.45, 7) is 12.8. The van der Waals surface area contributed by atoms with Crippen molar-refractivity contribution in [2.24, 2.45) is 5.92 Å². The summed E-state index contributed by atoms with van der Waals surface area (Å²) in [5.74, 6) is 0.955. The van der Waals surface area contributed by atoms with Crippen LogP contribution in [0, 0.1) is 5.92 Å². The van der Waals surface area contributed by atoms with Crippen molar-refractivity contribution >= 4 is 0 Å². The lowest BCUT2D eigenvalue weighted by Crippen LogP contribution is -2.20. The van der Waals surface area contributed by atoms with E-state index in [1.807, 2.05) is 0 Å². The zero-order valence-corrected chi connectivity index (χ0v) is 9.27. The van der Waals surface area contributed by atoms with Crippen LogP contribution >= 0.6 is 0 Å². The van der Waals surface area contributed by atoms with E-state index in [0.717, 1.165) is 5.92 Å². The van der Waals surface area contributed by atoms with Gasteiger partial charge in [-0.15, -0.1) is 0 Å². The molecule has 12 heavy (non-hydrogen) atoms. The largest absolute Gasteiger partial charge is 0.303 e. The third kappa shape index (κ3) is 5.59. The lowest BCUT2D eigenvalue weighted by Gasteiger charge is -2.12. The molecule has 0 aromatic rings. The summed E-state index contributed by atoms with van der Waals surface area (Å²) in [7, 11) is 0. The topological polar surface area (TPSA) is 3.24 Å². The SMILES string of the molecule is CCC.CCCN1CCC(C)C1. The van der Waals surface area contributed by atoms with Gasteiger partial charge in [0.1, 0.15) is 0 Å². The monoisotopic (exact) mass is 171 g/mol. The number of nitrogens with zero attached hydrogens (tertiary/aromatic N) is 1. The van der Waals surface area contributed by atoms with Crippen molar-refractivity contribution in [1.29, 1.82) is 0 Å². The number of hydrogen-bond acceptors (Lipinski definition) is 1. The van der Waals surface area contributed by atoms with E-state index in [2.05, 4.69) is 32.6 Å². The van der Waals surface area contributed by atoms with Gasteiger partial charge < -0.3 is 4.90 Å².